The predicted octanol–water partition coefficient (Wildman–Crippen LogP) is 4.00. The molecule has 7 nitrogen and oxygen atoms in total. The summed E-state index contributed by atoms with van der Waals surface area (Å²) in [5.74, 6) is 0.617. The van der Waals surface area contributed by atoms with E-state index in [1.54, 1.807) is 18.0 Å². The predicted molar refractivity (Wildman–Crippen MR) is 130 cm³/mol. The smallest absolute Gasteiger partial charge is 0.262 e. The van der Waals surface area contributed by atoms with Crippen molar-refractivity contribution in [2.24, 2.45) is 0 Å². The maximum absolute atomic E-state index is 13.0. The van der Waals surface area contributed by atoms with Gasteiger partial charge >= 0.3 is 0 Å². The molecule has 0 aliphatic rings. The molecular formula is C24H32N4O3S. The molecule has 0 aliphatic heterocycles. The number of nitrogens with one attached hydrogen (secondary N) is 1. The number of methoxy groups -OCH3 is 1. The minimum atomic E-state index is -0.178. The van der Waals surface area contributed by atoms with Crippen LogP contribution in [-0.4, -0.2) is 48.1 Å². The number of ether oxygens (including phenoxy) is 1. The Morgan fingerprint density at radius 3 is 2.59 bits per heavy atom. The Kier molecular flexibility index (Phi) is 8.04. The number of unbranched alkanes of at least 4 members (excludes halogenated alkanes) is 2. The first-order valence-corrected chi connectivity index (χ1v) is 11.8. The molecule has 0 spiro atoms. The average Bonchev–Trinajstić information content (AvgIpc) is 3.13. The number of nitrogens with zero attached hydrogens (tertiary/aromatic N) is 3. The molecule has 0 aliphatic carbocycles. The van der Waals surface area contributed by atoms with Crippen molar-refractivity contribution >= 4 is 27.5 Å². The summed E-state index contributed by atoms with van der Waals surface area (Å²) in [5.41, 5.74) is 1.72. The van der Waals surface area contributed by atoms with Gasteiger partial charge in [0.05, 0.1) is 29.7 Å². The van der Waals surface area contributed by atoms with E-state index >= 15 is 0 Å². The summed E-state index contributed by atoms with van der Waals surface area (Å²) >= 11 is 1.28. The van der Waals surface area contributed by atoms with Gasteiger partial charge in [-0.1, -0.05) is 31.9 Å². The Balaban J connectivity index is 1.79. The van der Waals surface area contributed by atoms with Gasteiger partial charge in [-0.15, -0.1) is 11.3 Å². The number of aryl methyl sites for hydroxylation is 2. The lowest BCUT2D eigenvalue weighted by molar-refractivity contribution is 0.0945. The highest BCUT2D eigenvalue weighted by molar-refractivity contribution is 7.20. The molecule has 0 bridgehead atoms. The minimum Gasteiger partial charge on any atom is -0.497 e. The van der Waals surface area contributed by atoms with Gasteiger partial charge in [0.2, 0.25) is 0 Å². The van der Waals surface area contributed by atoms with Crippen LogP contribution in [0, 0.1) is 6.92 Å². The van der Waals surface area contributed by atoms with Crippen LogP contribution in [0.25, 0.3) is 10.2 Å². The number of thiophene rings is 1. The highest BCUT2D eigenvalue weighted by Crippen LogP contribution is 2.27. The molecule has 0 radical (unpaired) electrons. The Morgan fingerprint density at radius 1 is 1.25 bits per heavy atom. The van der Waals surface area contributed by atoms with Gasteiger partial charge in [0.1, 0.15) is 10.6 Å². The highest BCUT2D eigenvalue weighted by atomic mass is 32.1. The van der Waals surface area contributed by atoms with Crippen molar-refractivity contribution in [3.05, 3.63) is 57.0 Å². The zero-order chi connectivity index (χ0) is 23.3. The normalized spacial score (nSPS) is 12.3. The molecule has 0 fully saturated rings. The van der Waals surface area contributed by atoms with Crippen LogP contribution in [0.3, 0.4) is 0 Å². The molecular weight excluding hydrogens is 424 g/mol. The van der Waals surface area contributed by atoms with Crippen LogP contribution in [0.4, 0.5) is 0 Å². The van der Waals surface area contributed by atoms with Gasteiger partial charge < -0.3 is 15.0 Å². The van der Waals surface area contributed by atoms with E-state index in [1.807, 2.05) is 45.3 Å². The summed E-state index contributed by atoms with van der Waals surface area (Å²) in [6.45, 7) is 5.06. The van der Waals surface area contributed by atoms with Gasteiger partial charge in [-0.2, -0.15) is 0 Å². The molecule has 2 heterocycles. The molecule has 0 saturated carbocycles. The van der Waals surface area contributed by atoms with Crippen molar-refractivity contribution in [3.8, 4) is 5.75 Å². The van der Waals surface area contributed by atoms with Crippen LogP contribution in [-0.2, 0) is 6.54 Å². The summed E-state index contributed by atoms with van der Waals surface area (Å²) in [6, 6.07) is 7.85. The molecule has 32 heavy (non-hydrogen) atoms. The topological polar surface area (TPSA) is 76.5 Å². The maximum atomic E-state index is 13.0. The van der Waals surface area contributed by atoms with Crippen LogP contribution in [0.2, 0.25) is 0 Å². The standard InChI is InChI=1S/C24H32N4O3S/c1-6-7-8-13-28-15-26-23-20(24(28)30)16(2)21(32-23)22(29)25-14-19(27(3)4)17-9-11-18(31-5)12-10-17/h9-12,15,19H,6-8,13-14H2,1-5H3,(H,25,29). The first kappa shape index (κ1) is 23.9. The quantitative estimate of drug-likeness (QED) is 0.467. The van der Waals surface area contributed by atoms with Crippen molar-refractivity contribution in [1.82, 2.24) is 19.8 Å². The van der Waals surface area contributed by atoms with E-state index in [-0.39, 0.29) is 17.5 Å². The number of amides is 1. The lowest BCUT2D eigenvalue weighted by Gasteiger charge is -2.25. The molecule has 1 atom stereocenters. The van der Waals surface area contributed by atoms with Crippen molar-refractivity contribution in [3.63, 3.8) is 0 Å². The van der Waals surface area contributed by atoms with Crippen LogP contribution in [0.1, 0.15) is 53.0 Å². The molecule has 1 unspecified atom stereocenters. The number of carbonyl (C=O) groups excluding carboxylic acids is 1. The summed E-state index contributed by atoms with van der Waals surface area (Å²) in [4.78, 5) is 33.7. The molecule has 3 rings (SSSR count). The third kappa shape index (κ3) is 5.19. The van der Waals surface area contributed by atoms with E-state index < -0.39 is 0 Å². The lowest BCUT2D eigenvalue weighted by atomic mass is 10.1. The van der Waals surface area contributed by atoms with Gasteiger partial charge in [-0.3, -0.25) is 14.2 Å². The Hall–Kier alpha value is -2.71. The van der Waals surface area contributed by atoms with E-state index in [0.29, 0.717) is 33.7 Å². The van der Waals surface area contributed by atoms with Crippen molar-refractivity contribution < 1.29 is 9.53 Å². The molecule has 8 heteroatoms. The fourth-order valence-corrected chi connectivity index (χ4v) is 4.82. The first-order valence-electron chi connectivity index (χ1n) is 10.9. The van der Waals surface area contributed by atoms with Gasteiger partial charge in [0.15, 0.2) is 0 Å². The van der Waals surface area contributed by atoms with E-state index in [1.165, 1.54) is 11.3 Å². The third-order valence-electron chi connectivity index (χ3n) is 5.71. The van der Waals surface area contributed by atoms with Crippen LogP contribution < -0.4 is 15.6 Å². The second-order valence-electron chi connectivity index (χ2n) is 8.15. The SMILES string of the molecule is CCCCCn1cnc2sc(C(=O)NCC(c3ccc(OC)cc3)N(C)C)c(C)c2c1=O. The van der Waals surface area contributed by atoms with E-state index in [0.717, 1.165) is 30.6 Å². The number of carbonyl (C=O) groups is 1. The monoisotopic (exact) mass is 456 g/mol. The van der Waals surface area contributed by atoms with Gasteiger partial charge in [0.25, 0.3) is 11.5 Å². The zero-order valence-corrected chi connectivity index (χ0v) is 20.3. The van der Waals surface area contributed by atoms with Crippen LogP contribution in [0.5, 0.6) is 5.75 Å². The van der Waals surface area contributed by atoms with Gasteiger partial charge in [-0.25, -0.2) is 4.98 Å². The molecule has 1 amide bonds. The van der Waals surface area contributed by atoms with E-state index in [9.17, 15) is 9.59 Å². The molecule has 1 aromatic carbocycles. The summed E-state index contributed by atoms with van der Waals surface area (Å²) in [7, 11) is 5.61. The third-order valence-corrected chi connectivity index (χ3v) is 6.90. The minimum absolute atomic E-state index is 0.00783. The Morgan fingerprint density at radius 2 is 1.97 bits per heavy atom. The second-order valence-corrected chi connectivity index (χ2v) is 9.15. The zero-order valence-electron chi connectivity index (χ0n) is 19.5. The molecule has 2 aromatic heterocycles. The molecule has 0 saturated heterocycles. The number of hydrogen-bond donors (Lipinski definition) is 1. The summed E-state index contributed by atoms with van der Waals surface area (Å²) in [6.07, 6.45) is 4.71. The maximum Gasteiger partial charge on any atom is 0.262 e. The highest BCUT2D eigenvalue weighted by Gasteiger charge is 2.21. The molecule has 1 N–H and O–H groups in total. The molecule has 3 aromatic rings. The second kappa shape index (κ2) is 10.7. The van der Waals surface area contributed by atoms with Gasteiger partial charge in [-0.05, 0) is 50.7 Å². The number of aromatic nitrogens is 2. The number of hydrogen-bond acceptors (Lipinski definition) is 6. The number of rotatable bonds is 10. The van der Waals surface area contributed by atoms with Crippen LogP contribution >= 0.6 is 11.3 Å². The molecule has 172 valence electrons. The number of likely N-dealkylation sites (N-methyl/N-ethyl adjacent to an activating group) is 1. The van der Waals surface area contributed by atoms with Crippen molar-refractivity contribution in [2.75, 3.05) is 27.7 Å². The fourth-order valence-electron chi connectivity index (χ4n) is 3.76. The first-order chi connectivity index (χ1) is 15.4. The fraction of sp³-hybridized carbons (Fsp3) is 0.458. The van der Waals surface area contributed by atoms with Gasteiger partial charge in [0, 0.05) is 13.1 Å². The van der Waals surface area contributed by atoms with E-state index in [2.05, 4.69) is 22.1 Å². The largest absolute Gasteiger partial charge is 0.497 e. The summed E-state index contributed by atoms with van der Waals surface area (Å²) in [5, 5.41) is 3.60. The lowest BCUT2D eigenvalue weighted by Crippen LogP contribution is -2.34. The Bertz CT molecular complexity index is 1120. The average molecular weight is 457 g/mol. The number of benzene rings is 1. The van der Waals surface area contributed by atoms with E-state index in [4.69, 9.17) is 4.74 Å². The summed E-state index contributed by atoms with van der Waals surface area (Å²) < 4.78 is 6.90. The van der Waals surface area contributed by atoms with Crippen LogP contribution in [0.15, 0.2) is 35.4 Å². The van der Waals surface area contributed by atoms with Crippen molar-refractivity contribution in [2.45, 2.75) is 45.7 Å². The van der Waals surface area contributed by atoms with Crippen molar-refractivity contribution in [1.29, 1.82) is 0 Å². The number of fused-ring (bicyclic) bond motifs is 1. The Labute approximate surface area is 193 Å².